The molecule has 4 aromatic rings. The van der Waals surface area contributed by atoms with Crippen molar-refractivity contribution in [2.75, 3.05) is 0 Å². The maximum atomic E-state index is 12.9. The number of nitrogens with one attached hydrogen (secondary N) is 1. The van der Waals surface area contributed by atoms with Crippen LogP contribution in [0.2, 0.25) is 0 Å². The second-order valence-corrected chi connectivity index (χ2v) is 7.31. The lowest BCUT2D eigenvalue weighted by Gasteiger charge is -2.20. The van der Waals surface area contributed by atoms with E-state index in [0.717, 1.165) is 22.2 Å². The summed E-state index contributed by atoms with van der Waals surface area (Å²) in [5, 5.41) is 8.82. The number of amides is 1. The van der Waals surface area contributed by atoms with Gasteiger partial charge in [-0.1, -0.05) is 78.9 Å². The van der Waals surface area contributed by atoms with Crippen LogP contribution in [0.4, 0.5) is 0 Å². The molecule has 0 aliphatic rings. The molecule has 0 aliphatic heterocycles. The molecular formula is C25H23N3O2. The molecule has 5 nitrogen and oxygen atoms in total. The average Bonchev–Trinajstić information content (AvgIpc) is 2.78. The van der Waals surface area contributed by atoms with Crippen molar-refractivity contribution in [3.8, 4) is 0 Å². The molecular weight excluding hydrogens is 374 g/mol. The van der Waals surface area contributed by atoms with Crippen LogP contribution in [0.15, 0.2) is 89.7 Å². The third-order valence-corrected chi connectivity index (χ3v) is 5.17. The Bertz CT molecular complexity index is 1220. The van der Waals surface area contributed by atoms with Crippen molar-refractivity contribution < 1.29 is 4.79 Å². The van der Waals surface area contributed by atoms with Crippen LogP contribution in [0.25, 0.3) is 10.8 Å². The van der Waals surface area contributed by atoms with Crippen LogP contribution >= 0.6 is 0 Å². The molecule has 1 atom stereocenters. The van der Waals surface area contributed by atoms with Crippen molar-refractivity contribution in [1.29, 1.82) is 0 Å². The predicted molar refractivity (Wildman–Crippen MR) is 118 cm³/mol. The minimum absolute atomic E-state index is 0.122. The Morgan fingerprint density at radius 3 is 2.20 bits per heavy atom. The summed E-state index contributed by atoms with van der Waals surface area (Å²) < 4.78 is 1.25. The normalized spacial score (nSPS) is 11.9. The molecule has 1 amide bonds. The summed E-state index contributed by atoms with van der Waals surface area (Å²) in [6, 6.07) is 27.0. The Labute approximate surface area is 175 Å². The van der Waals surface area contributed by atoms with Crippen LogP contribution in [-0.2, 0) is 17.8 Å². The molecule has 0 saturated heterocycles. The first kappa shape index (κ1) is 19.6. The zero-order valence-corrected chi connectivity index (χ0v) is 16.8. The van der Waals surface area contributed by atoms with E-state index in [1.165, 1.54) is 4.68 Å². The van der Waals surface area contributed by atoms with Crippen LogP contribution in [0.5, 0.6) is 0 Å². The number of hydrogen-bond acceptors (Lipinski definition) is 3. The standard InChI is InChI=1S/C25H23N3O2/c1-18-21-14-8-9-15-22(21)25(30)28(27-18)17-24(29)26-23(20-12-6-3-7-13-20)16-19-10-4-2-5-11-19/h2-15,23H,16-17H2,1H3,(H,26,29)/t23-/m1/s1. The summed E-state index contributed by atoms with van der Waals surface area (Å²) in [5.74, 6) is -0.246. The SMILES string of the molecule is Cc1nn(CC(=O)N[C@H](Cc2ccccc2)c2ccccc2)c(=O)c2ccccc12. The maximum absolute atomic E-state index is 12.9. The Balaban J connectivity index is 1.58. The molecule has 0 unspecified atom stereocenters. The van der Waals surface area contributed by atoms with Gasteiger partial charge in [0, 0.05) is 5.39 Å². The van der Waals surface area contributed by atoms with Gasteiger partial charge in [-0.2, -0.15) is 5.10 Å². The van der Waals surface area contributed by atoms with Crippen molar-refractivity contribution in [3.05, 3.63) is 112 Å². The molecule has 0 aliphatic carbocycles. The fourth-order valence-electron chi connectivity index (χ4n) is 3.68. The maximum Gasteiger partial charge on any atom is 0.275 e. The Morgan fingerprint density at radius 2 is 1.50 bits per heavy atom. The highest BCUT2D eigenvalue weighted by atomic mass is 16.2. The zero-order chi connectivity index (χ0) is 20.9. The number of rotatable bonds is 6. The molecule has 30 heavy (non-hydrogen) atoms. The number of carbonyl (C=O) groups is 1. The monoisotopic (exact) mass is 397 g/mol. The number of aromatic nitrogens is 2. The quantitative estimate of drug-likeness (QED) is 0.538. The molecule has 5 heteroatoms. The first-order valence-electron chi connectivity index (χ1n) is 9.96. The van der Waals surface area contributed by atoms with Gasteiger partial charge in [-0.05, 0) is 30.5 Å². The van der Waals surface area contributed by atoms with E-state index >= 15 is 0 Å². The summed E-state index contributed by atoms with van der Waals surface area (Å²) >= 11 is 0. The first-order chi connectivity index (χ1) is 14.6. The van der Waals surface area contributed by atoms with Gasteiger partial charge in [-0.3, -0.25) is 9.59 Å². The number of carbonyl (C=O) groups excluding carboxylic acids is 1. The molecule has 0 spiro atoms. The fraction of sp³-hybridized carbons (Fsp3) is 0.160. The first-order valence-corrected chi connectivity index (χ1v) is 9.96. The topological polar surface area (TPSA) is 64.0 Å². The second-order valence-electron chi connectivity index (χ2n) is 7.31. The van der Waals surface area contributed by atoms with Gasteiger partial charge in [0.1, 0.15) is 6.54 Å². The molecule has 0 bridgehead atoms. The van der Waals surface area contributed by atoms with Gasteiger partial charge in [0.2, 0.25) is 5.91 Å². The van der Waals surface area contributed by atoms with Crippen LogP contribution in [0.3, 0.4) is 0 Å². The summed E-state index contributed by atoms with van der Waals surface area (Å²) in [6.07, 6.45) is 0.662. The average molecular weight is 397 g/mol. The fourth-order valence-corrected chi connectivity index (χ4v) is 3.68. The molecule has 1 heterocycles. The number of benzene rings is 3. The minimum Gasteiger partial charge on any atom is -0.347 e. The van der Waals surface area contributed by atoms with E-state index in [2.05, 4.69) is 10.4 Å². The second kappa shape index (κ2) is 8.74. The highest BCUT2D eigenvalue weighted by Gasteiger charge is 2.17. The lowest BCUT2D eigenvalue weighted by molar-refractivity contribution is -0.122. The molecule has 3 aromatic carbocycles. The number of fused-ring (bicyclic) bond motifs is 1. The summed E-state index contributed by atoms with van der Waals surface area (Å²) in [4.78, 5) is 25.7. The van der Waals surface area contributed by atoms with Crippen LogP contribution in [0.1, 0.15) is 22.9 Å². The Hall–Kier alpha value is -3.73. The van der Waals surface area contributed by atoms with Gasteiger partial charge < -0.3 is 5.32 Å². The molecule has 4 rings (SSSR count). The van der Waals surface area contributed by atoms with Gasteiger partial charge in [0.15, 0.2) is 0 Å². The number of nitrogens with zero attached hydrogens (tertiary/aromatic N) is 2. The lowest BCUT2D eigenvalue weighted by Crippen LogP contribution is -2.36. The third kappa shape index (κ3) is 4.30. The van der Waals surface area contributed by atoms with E-state index in [-0.39, 0.29) is 24.1 Å². The Kier molecular flexibility index (Phi) is 5.70. The third-order valence-electron chi connectivity index (χ3n) is 5.17. The van der Waals surface area contributed by atoms with Crippen LogP contribution in [-0.4, -0.2) is 15.7 Å². The summed E-state index contributed by atoms with van der Waals surface area (Å²) in [5.41, 5.74) is 2.61. The molecule has 1 N–H and O–H groups in total. The van der Waals surface area contributed by atoms with Gasteiger partial charge in [-0.25, -0.2) is 4.68 Å². The van der Waals surface area contributed by atoms with E-state index in [9.17, 15) is 9.59 Å². The van der Waals surface area contributed by atoms with E-state index in [1.807, 2.05) is 85.8 Å². The van der Waals surface area contributed by atoms with Gasteiger partial charge >= 0.3 is 0 Å². The van der Waals surface area contributed by atoms with Crippen LogP contribution in [0, 0.1) is 6.92 Å². The van der Waals surface area contributed by atoms with Crippen molar-refractivity contribution in [2.45, 2.75) is 25.9 Å². The number of aryl methyl sites for hydroxylation is 1. The highest BCUT2D eigenvalue weighted by Crippen LogP contribution is 2.18. The Morgan fingerprint density at radius 1 is 0.900 bits per heavy atom. The van der Waals surface area contributed by atoms with Crippen molar-refractivity contribution in [1.82, 2.24) is 15.1 Å². The van der Waals surface area contributed by atoms with Crippen molar-refractivity contribution in [3.63, 3.8) is 0 Å². The van der Waals surface area contributed by atoms with Crippen molar-refractivity contribution in [2.24, 2.45) is 0 Å². The molecule has 150 valence electrons. The van der Waals surface area contributed by atoms with Gasteiger partial charge in [0.05, 0.1) is 17.1 Å². The predicted octanol–water partition coefficient (Wildman–Crippen LogP) is 3.81. The zero-order valence-electron chi connectivity index (χ0n) is 16.8. The van der Waals surface area contributed by atoms with Crippen LogP contribution < -0.4 is 10.9 Å². The molecule has 0 fully saturated rings. The highest BCUT2D eigenvalue weighted by molar-refractivity contribution is 5.83. The van der Waals surface area contributed by atoms with Crippen molar-refractivity contribution >= 4 is 16.7 Å². The summed E-state index contributed by atoms with van der Waals surface area (Å²) in [6.45, 7) is 1.72. The van der Waals surface area contributed by atoms with E-state index in [0.29, 0.717) is 11.8 Å². The molecule has 1 aromatic heterocycles. The van der Waals surface area contributed by atoms with Gasteiger partial charge in [0.25, 0.3) is 5.56 Å². The smallest absolute Gasteiger partial charge is 0.275 e. The number of hydrogen-bond donors (Lipinski definition) is 1. The van der Waals surface area contributed by atoms with E-state index in [1.54, 1.807) is 6.07 Å². The largest absolute Gasteiger partial charge is 0.347 e. The van der Waals surface area contributed by atoms with E-state index < -0.39 is 0 Å². The summed E-state index contributed by atoms with van der Waals surface area (Å²) in [7, 11) is 0. The van der Waals surface area contributed by atoms with E-state index in [4.69, 9.17) is 0 Å². The molecule has 0 saturated carbocycles. The van der Waals surface area contributed by atoms with Gasteiger partial charge in [-0.15, -0.1) is 0 Å². The lowest BCUT2D eigenvalue weighted by atomic mass is 9.99. The molecule has 0 radical (unpaired) electrons. The minimum atomic E-state index is -0.259.